The normalized spacial score (nSPS) is 14.1. The quantitative estimate of drug-likeness (QED) is 0.868. The van der Waals surface area contributed by atoms with E-state index in [4.69, 9.17) is 4.74 Å². The topological polar surface area (TPSA) is 55.4 Å². The van der Waals surface area contributed by atoms with Gasteiger partial charge in [-0.2, -0.15) is 0 Å². The highest BCUT2D eigenvalue weighted by Crippen LogP contribution is 2.30. The first kappa shape index (κ1) is 13.0. The minimum atomic E-state index is -0.551. The van der Waals surface area contributed by atoms with Crippen LogP contribution in [0.25, 0.3) is 0 Å². The molecule has 0 radical (unpaired) electrons. The van der Waals surface area contributed by atoms with Crippen LogP contribution >= 0.6 is 15.9 Å². The van der Waals surface area contributed by atoms with Gasteiger partial charge in [-0.05, 0) is 31.0 Å². The number of carbonyl (C=O) groups excluding carboxylic acids is 2. The number of hydrogen-bond donors (Lipinski definition) is 1. The molecule has 2 rings (SSSR count). The van der Waals surface area contributed by atoms with Gasteiger partial charge in [-0.25, -0.2) is 4.39 Å². The molecular weight excluding hydrogens is 305 g/mol. The van der Waals surface area contributed by atoms with Crippen LogP contribution in [-0.4, -0.2) is 18.5 Å². The second-order valence-corrected chi connectivity index (χ2v) is 4.97. The van der Waals surface area contributed by atoms with Crippen molar-refractivity contribution in [2.24, 2.45) is 5.92 Å². The van der Waals surface area contributed by atoms with Gasteiger partial charge >= 0.3 is 5.97 Å². The van der Waals surface area contributed by atoms with Crippen LogP contribution in [-0.2, 0) is 14.3 Å². The van der Waals surface area contributed by atoms with Crippen LogP contribution in [0, 0.1) is 11.7 Å². The third-order valence-corrected chi connectivity index (χ3v) is 2.95. The number of esters is 1. The molecule has 0 saturated heterocycles. The summed E-state index contributed by atoms with van der Waals surface area (Å²) in [5.74, 6) is -1.51. The molecule has 0 aliphatic heterocycles. The number of halogens is 2. The lowest BCUT2D eigenvalue weighted by Crippen LogP contribution is -2.21. The Morgan fingerprint density at radius 2 is 2.17 bits per heavy atom. The number of anilines is 1. The molecule has 1 amide bonds. The molecule has 0 aromatic heterocycles. The molecule has 1 fully saturated rings. The fourth-order valence-electron chi connectivity index (χ4n) is 1.35. The fraction of sp³-hybridized carbons (Fsp3) is 0.333. The number of benzene rings is 1. The number of nitrogens with one attached hydrogen (secondary N) is 1. The molecule has 0 heterocycles. The first-order valence-electron chi connectivity index (χ1n) is 5.48. The number of ether oxygens (including phenoxy) is 1. The predicted octanol–water partition coefficient (Wildman–Crippen LogP) is 2.48. The van der Waals surface area contributed by atoms with Gasteiger partial charge in [-0.3, -0.25) is 9.59 Å². The van der Waals surface area contributed by atoms with Crippen LogP contribution in [0.15, 0.2) is 22.7 Å². The highest BCUT2D eigenvalue weighted by Gasteiger charge is 2.31. The van der Waals surface area contributed by atoms with E-state index in [1.54, 1.807) is 6.07 Å². The Morgan fingerprint density at radius 3 is 2.78 bits per heavy atom. The lowest BCUT2D eigenvalue weighted by molar-refractivity contribution is -0.148. The molecule has 1 aromatic carbocycles. The first-order chi connectivity index (χ1) is 8.56. The summed E-state index contributed by atoms with van der Waals surface area (Å²) in [5.41, 5.74) is 0.0608. The smallest absolute Gasteiger partial charge is 0.309 e. The molecule has 0 spiro atoms. The van der Waals surface area contributed by atoms with E-state index in [9.17, 15) is 14.0 Å². The Balaban J connectivity index is 1.84. The molecule has 0 atom stereocenters. The van der Waals surface area contributed by atoms with Gasteiger partial charge in [0, 0.05) is 4.47 Å². The molecule has 1 saturated carbocycles. The number of rotatable bonds is 4. The van der Waals surface area contributed by atoms with Crippen LogP contribution < -0.4 is 5.32 Å². The molecule has 1 aromatic rings. The number of hydrogen-bond acceptors (Lipinski definition) is 3. The lowest BCUT2D eigenvalue weighted by atomic mass is 10.3. The van der Waals surface area contributed by atoms with Gasteiger partial charge in [0.25, 0.3) is 5.91 Å². The van der Waals surface area contributed by atoms with Gasteiger partial charge < -0.3 is 10.1 Å². The zero-order chi connectivity index (χ0) is 13.1. The fourth-order valence-corrected chi connectivity index (χ4v) is 1.68. The standard InChI is InChI=1S/C12H11BrFNO3/c13-8-3-4-10(9(14)5-8)15-11(16)6-18-12(17)7-1-2-7/h3-5,7H,1-2,6H2,(H,15,16). The van der Waals surface area contributed by atoms with Crippen LogP contribution in [0.3, 0.4) is 0 Å². The van der Waals surface area contributed by atoms with E-state index in [0.717, 1.165) is 12.8 Å². The Kier molecular flexibility index (Phi) is 3.96. The van der Waals surface area contributed by atoms with Crippen molar-refractivity contribution in [3.63, 3.8) is 0 Å². The summed E-state index contributed by atoms with van der Waals surface area (Å²) in [6.07, 6.45) is 1.64. The molecule has 1 N–H and O–H groups in total. The summed E-state index contributed by atoms with van der Waals surface area (Å²) in [5, 5.41) is 2.34. The largest absolute Gasteiger partial charge is 0.455 e. The van der Waals surface area contributed by atoms with Crippen molar-refractivity contribution in [2.45, 2.75) is 12.8 Å². The Labute approximate surface area is 112 Å². The average Bonchev–Trinajstić information content (AvgIpc) is 3.14. The summed E-state index contributed by atoms with van der Waals surface area (Å²) in [6, 6.07) is 4.28. The van der Waals surface area contributed by atoms with Crippen molar-refractivity contribution in [1.82, 2.24) is 0 Å². The van der Waals surface area contributed by atoms with Crippen molar-refractivity contribution in [1.29, 1.82) is 0 Å². The maximum atomic E-state index is 13.4. The first-order valence-corrected chi connectivity index (χ1v) is 6.27. The summed E-state index contributed by atoms with van der Waals surface area (Å²) >= 11 is 3.11. The molecule has 6 heteroatoms. The van der Waals surface area contributed by atoms with Gasteiger partial charge in [-0.1, -0.05) is 15.9 Å². The van der Waals surface area contributed by atoms with Crippen molar-refractivity contribution in [3.05, 3.63) is 28.5 Å². The van der Waals surface area contributed by atoms with Crippen LogP contribution in [0.1, 0.15) is 12.8 Å². The van der Waals surface area contributed by atoms with Crippen molar-refractivity contribution in [3.8, 4) is 0 Å². The van der Waals surface area contributed by atoms with Crippen molar-refractivity contribution in [2.75, 3.05) is 11.9 Å². The third-order valence-electron chi connectivity index (χ3n) is 2.46. The van der Waals surface area contributed by atoms with Gasteiger partial charge in [0.1, 0.15) is 5.82 Å². The third kappa shape index (κ3) is 3.53. The van der Waals surface area contributed by atoms with Crippen molar-refractivity contribution >= 4 is 33.5 Å². The van der Waals surface area contributed by atoms with E-state index in [1.807, 2.05) is 0 Å². The molecule has 18 heavy (non-hydrogen) atoms. The Morgan fingerprint density at radius 1 is 1.44 bits per heavy atom. The SMILES string of the molecule is O=C(COC(=O)C1CC1)Nc1ccc(Br)cc1F. The molecule has 1 aliphatic carbocycles. The Bertz CT molecular complexity index is 488. The number of carbonyl (C=O) groups is 2. The van der Waals surface area contributed by atoms with E-state index in [0.29, 0.717) is 4.47 Å². The maximum Gasteiger partial charge on any atom is 0.309 e. The van der Waals surface area contributed by atoms with E-state index < -0.39 is 11.7 Å². The lowest BCUT2D eigenvalue weighted by Gasteiger charge is -2.07. The van der Waals surface area contributed by atoms with Crippen molar-refractivity contribution < 1.29 is 18.7 Å². The predicted molar refractivity (Wildman–Crippen MR) is 66.4 cm³/mol. The van der Waals surface area contributed by atoms with E-state index >= 15 is 0 Å². The zero-order valence-corrected chi connectivity index (χ0v) is 11.0. The molecule has 0 bridgehead atoms. The number of amides is 1. The van der Waals surface area contributed by atoms with Crippen LogP contribution in [0.2, 0.25) is 0 Å². The Hall–Kier alpha value is -1.43. The zero-order valence-electron chi connectivity index (χ0n) is 9.41. The molecule has 0 unspecified atom stereocenters. The molecule has 96 valence electrons. The summed E-state index contributed by atoms with van der Waals surface area (Å²) in [7, 11) is 0. The summed E-state index contributed by atoms with van der Waals surface area (Å²) in [4.78, 5) is 22.6. The minimum Gasteiger partial charge on any atom is -0.455 e. The highest BCUT2D eigenvalue weighted by atomic mass is 79.9. The minimum absolute atomic E-state index is 0.0535. The van der Waals surface area contributed by atoms with Crippen LogP contribution in [0.5, 0.6) is 0 Å². The molecular formula is C12H11BrFNO3. The van der Waals surface area contributed by atoms with Gasteiger partial charge in [-0.15, -0.1) is 0 Å². The highest BCUT2D eigenvalue weighted by molar-refractivity contribution is 9.10. The van der Waals surface area contributed by atoms with Gasteiger partial charge in [0.15, 0.2) is 6.61 Å². The second kappa shape index (κ2) is 5.48. The average molecular weight is 316 g/mol. The van der Waals surface area contributed by atoms with E-state index in [2.05, 4.69) is 21.2 Å². The van der Waals surface area contributed by atoms with Gasteiger partial charge in [0.05, 0.1) is 11.6 Å². The second-order valence-electron chi connectivity index (χ2n) is 4.05. The van der Waals surface area contributed by atoms with E-state index in [1.165, 1.54) is 12.1 Å². The summed E-state index contributed by atoms with van der Waals surface area (Å²) in [6.45, 7) is -0.384. The van der Waals surface area contributed by atoms with E-state index in [-0.39, 0.29) is 24.2 Å². The molecule has 4 nitrogen and oxygen atoms in total. The monoisotopic (exact) mass is 315 g/mol. The molecule has 1 aliphatic rings. The summed E-state index contributed by atoms with van der Waals surface area (Å²) < 4.78 is 18.8. The van der Waals surface area contributed by atoms with Crippen LogP contribution in [0.4, 0.5) is 10.1 Å². The van der Waals surface area contributed by atoms with Gasteiger partial charge in [0.2, 0.25) is 0 Å². The maximum absolute atomic E-state index is 13.4.